The lowest BCUT2D eigenvalue weighted by Gasteiger charge is -2.39. The quantitative estimate of drug-likeness (QED) is 0.199. The predicted octanol–water partition coefficient (Wildman–Crippen LogP) is 6.51. The fraction of sp³-hybridized carbons (Fsp3) is 0.344. The van der Waals surface area contributed by atoms with E-state index in [0.29, 0.717) is 6.04 Å². The standard InChI is InChI=1S/C32H37N3O3.ClH/c1-36-27-16-17-29(31(24-27)37-2)30-23-28(38-33-30)15-9-10-18-34-19-21-35(22-20-34)32(25-11-5-3-6-12-25)26-13-7-4-8-14-26;/h3-8,11-14,16-17,23-24,32H,9-10,15,18-22H2,1-2H3;1H. The van der Waals surface area contributed by atoms with Gasteiger partial charge in [-0.15, -0.1) is 12.4 Å². The van der Waals surface area contributed by atoms with Gasteiger partial charge in [0, 0.05) is 50.3 Å². The van der Waals surface area contributed by atoms with Crippen molar-refractivity contribution in [1.82, 2.24) is 15.0 Å². The zero-order valence-electron chi connectivity index (χ0n) is 22.8. The molecule has 0 radical (unpaired) electrons. The van der Waals surface area contributed by atoms with E-state index in [4.69, 9.17) is 14.0 Å². The van der Waals surface area contributed by atoms with Crippen LogP contribution in [0.1, 0.15) is 35.8 Å². The van der Waals surface area contributed by atoms with Gasteiger partial charge >= 0.3 is 0 Å². The second kappa shape index (κ2) is 14.2. The number of hydrogen-bond donors (Lipinski definition) is 0. The summed E-state index contributed by atoms with van der Waals surface area (Å²) in [6, 6.07) is 29.9. The highest BCUT2D eigenvalue weighted by Crippen LogP contribution is 2.33. The van der Waals surface area contributed by atoms with Gasteiger partial charge in [0.25, 0.3) is 0 Å². The third-order valence-corrected chi connectivity index (χ3v) is 7.39. The van der Waals surface area contributed by atoms with Crippen LogP contribution in [0.3, 0.4) is 0 Å². The lowest BCUT2D eigenvalue weighted by molar-refractivity contribution is 0.108. The molecular weight excluding hydrogens is 510 g/mol. The molecule has 4 aromatic rings. The number of rotatable bonds is 11. The Morgan fingerprint density at radius 1 is 0.795 bits per heavy atom. The molecule has 0 spiro atoms. The molecule has 1 saturated heterocycles. The Morgan fingerprint density at radius 2 is 1.46 bits per heavy atom. The minimum absolute atomic E-state index is 0. The highest BCUT2D eigenvalue weighted by Gasteiger charge is 2.26. The van der Waals surface area contributed by atoms with E-state index in [1.54, 1.807) is 14.2 Å². The maximum atomic E-state index is 5.63. The molecule has 0 saturated carbocycles. The van der Waals surface area contributed by atoms with Crippen LogP contribution >= 0.6 is 12.4 Å². The van der Waals surface area contributed by atoms with Crippen molar-refractivity contribution in [1.29, 1.82) is 0 Å². The minimum atomic E-state index is 0. The fourth-order valence-corrected chi connectivity index (χ4v) is 5.33. The van der Waals surface area contributed by atoms with Crippen molar-refractivity contribution in [3.63, 3.8) is 0 Å². The number of hydrogen-bond acceptors (Lipinski definition) is 6. The van der Waals surface area contributed by atoms with Crippen LogP contribution in [0.25, 0.3) is 11.3 Å². The number of ether oxygens (including phenoxy) is 2. The van der Waals surface area contributed by atoms with Crippen molar-refractivity contribution < 1.29 is 14.0 Å². The highest BCUT2D eigenvalue weighted by atomic mass is 35.5. The largest absolute Gasteiger partial charge is 0.497 e. The molecule has 0 N–H and O–H groups in total. The van der Waals surface area contributed by atoms with Gasteiger partial charge in [-0.1, -0.05) is 65.8 Å². The zero-order chi connectivity index (χ0) is 26.2. The molecule has 1 fully saturated rings. The first kappa shape index (κ1) is 28.7. The van der Waals surface area contributed by atoms with Crippen molar-refractivity contribution in [2.75, 3.05) is 46.9 Å². The monoisotopic (exact) mass is 547 g/mol. The van der Waals surface area contributed by atoms with Crippen LogP contribution in [0, 0.1) is 0 Å². The first-order chi connectivity index (χ1) is 18.7. The van der Waals surface area contributed by atoms with Gasteiger partial charge in [0.05, 0.1) is 20.3 Å². The number of aryl methyl sites for hydroxylation is 1. The Hall–Kier alpha value is -3.32. The average molecular weight is 548 g/mol. The van der Waals surface area contributed by atoms with Gasteiger partial charge in [-0.3, -0.25) is 4.90 Å². The van der Waals surface area contributed by atoms with E-state index >= 15 is 0 Å². The van der Waals surface area contributed by atoms with Gasteiger partial charge in [-0.05, 0) is 42.6 Å². The molecular formula is C32H38ClN3O3. The summed E-state index contributed by atoms with van der Waals surface area (Å²) in [5, 5.41) is 4.28. The Bertz CT molecular complexity index is 1230. The summed E-state index contributed by atoms with van der Waals surface area (Å²) < 4.78 is 16.4. The molecule has 0 unspecified atom stereocenters. The number of aromatic nitrogens is 1. The molecule has 5 rings (SSSR count). The third kappa shape index (κ3) is 7.21. The molecule has 1 aliphatic heterocycles. The predicted molar refractivity (Wildman–Crippen MR) is 158 cm³/mol. The van der Waals surface area contributed by atoms with Gasteiger partial charge < -0.3 is 18.9 Å². The highest BCUT2D eigenvalue weighted by molar-refractivity contribution is 5.85. The average Bonchev–Trinajstić information content (AvgIpc) is 3.46. The van der Waals surface area contributed by atoms with Crippen LogP contribution in [-0.2, 0) is 6.42 Å². The molecule has 39 heavy (non-hydrogen) atoms. The van der Waals surface area contributed by atoms with Crippen molar-refractivity contribution in [3.05, 3.63) is 102 Å². The van der Waals surface area contributed by atoms with E-state index in [0.717, 1.165) is 80.5 Å². The lowest BCUT2D eigenvalue weighted by Crippen LogP contribution is -2.48. The molecule has 0 bridgehead atoms. The molecule has 1 aliphatic rings. The third-order valence-electron chi connectivity index (χ3n) is 7.39. The molecule has 1 aromatic heterocycles. The Kier molecular flexibility index (Phi) is 10.4. The SMILES string of the molecule is COc1ccc(-c2cc(CCCCN3CCN(C(c4ccccc4)c4ccccc4)CC3)on2)c(OC)c1.Cl. The van der Waals surface area contributed by atoms with Crippen LogP contribution in [0.4, 0.5) is 0 Å². The van der Waals surface area contributed by atoms with Gasteiger partial charge in [-0.25, -0.2) is 0 Å². The van der Waals surface area contributed by atoms with E-state index in [1.807, 2.05) is 24.3 Å². The summed E-state index contributed by atoms with van der Waals surface area (Å²) in [7, 11) is 3.30. The number of piperazine rings is 1. The number of benzene rings is 3. The first-order valence-electron chi connectivity index (χ1n) is 13.5. The second-order valence-corrected chi connectivity index (χ2v) is 9.80. The number of nitrogens with zero attached hydrogens (tertiary/aromatic N) is 3. The van der Waals surface area contributed by atoms with Gasteiger partial charge in [0.2, 0.25) is 0 Å². The Balaban J connectivity index is 0.00000353. The normalized spacial score (nSPS) is 14.2. The molecule has 206 valence electrons. The number of unbranched alkanes of at least 4 members (excludes halogenated alkanes) is 1. The molecule has 0 amide bonds. The number of methoxy groups -OCH3 is 2. The van der Waals surface area contributed by atoms with E-state index in [-0.39, 0.29) is 12.4 Å². The van der Waals surface area contributed by atoms with E-state index in [2.05, 4.69) is 75.6 Å². The van der Waals surface area contributed by atoms with E-state index < -0.39 is 0 Å². The van der Waals surface area contributed by atoms with Crippen molar-refractivity contribution in [2.24, 2.45) is 0 Å². The Labute approximate surface area is 237 Å². The summed E-state index contributed by atoms with van der Waals surface area (Å²) in [6.07, 6.45) is 3.10. The molecule has 0 aliphatic carbocycles. The van der Waals surface area contributed by atoms with Crippen LogP contribution in [-0.4, -0.2) is 61.9 Å². The van der Waals surface area contributed by atoms with Crippen LogP contribution in [0.2, 0.25) is 0 Å². The second-order valence-electron chi connectivity index (χ2n) is 9.80. The summed E-state index contributed by atoms with van der Waals surface area (Å²) in [5.74, 6) is 2.40. The van der Waals surface area contributed by atoms with Gasteiger partial charge in [-0.2, -0.15) is 0 Å². The first-order valence-corrected chi connectivity index (χ1v) is 13.5. The van der Waals surface area contributed by atoms with Crippen molar-refractivity contribution >= 4 is 12.4 Å². The van der Waals surface area contributed by atoms with Crippen molar-refractivity contribution in [2.45, 2.75) is 25.3 Å². The number of halogens is 1. The summed E-state index contributed by atoms with van der Waals surface area (Å²) in [5.41, 5.74) is 4.43. The van der Waals surface area contributed by atoms with Crippen LogP contribution in [0.15, 0.2) is 89.5 Å². The van der Waals surface area contributed by atoms with Gasteiger partial charge in [0.1, 0.15) is 23.0 Å². The summed E-state index contributed by atoms with van der Waals surface area (Å²) in [6.45, 7) is 5.45. The molecule has 3 aromatic carbocycles. The van der Waals surface area contributed by atoms with Crippen LogP contribution in [0.5, 0.6) is 11.5 Å². The molecule has 2 heterocycles. The van der Waals surface area contributed by atoms with Crippen molar-refractivity contribution in [3.8, 4) is 22.8 Å². The molecule has 6 nitrogen and oxygen atoms in total. The maximum Gasteiger partial charge on any atom is 0.137 e. The minimum Gasteiger partial charge on any atom is -0.497 e. The van der Waals surface area contributed by atoms with Gasteiger partial charge in [0.15, 0.2) is 0 Å². The van der Waals surface area contributed by atoms with E-state index in [1.165, 1.54) is 11.1 Å². The summed E-state index contributed by atoms with van der Waals surface area (Å²) in [4.78, 5) is 5.22. The Morgan fingerprint density at radius 3 is 2.08 bits per heavy atom. The zero-order valence-corrected chi connectivity index (χ0v) is 23.6. The molecule has 7 heteroatoms. The fourth-order valence-electron chi connectivity index (χ4n) is 5.33. The molecule has 0 atom stereocenters. The topological polar surface area (TPSA) is 51.0 Å². The lowest BCUT2D eigenvalue weighted by atomic mass is 9.96. The van der Waals surface area contributed by atoms with Crippen LogP contribution < -0.4 is 9.47 Å². The smallest absolute Gasteiger partial charge is 0.137 e. The van der Waals surface area contributed by atoms with E-state index in [9.17, 15) is 0 Å². The maximum absolute atomic E-state index is 5.63. The summed E-state index contributed by atoms with van der Waals surface area (Å²) >= 11 is 0.